The molecule has 0 bridgehead atoms. The molecule has 0 saturated heterocycles. The molecule has 1 atom stereocenters. The molecule has 0 spiro atoms. The molecule has 0 aliphatic heterocycles. The first-order chi connectivity index (χ1) is 15.2. The highest BCUT2D eigenvalue weighted by Gasteiger charge is 2.29. The van der Waals surface area contributed by atoms with Gasteiger partial charge in [0, 0.05) is 24.3 Å². The first-order valence-corrected chi connectivity index (χ1v) is 10.4. The zero-order chi connectivity index (χ0) is 23.4. The van der Waals surface area contributed by atoms with Crippen molar-refractivity contribution in [2.24, 2.45) is 0 Å². The summed E-state index contributed by atoms with van der Waals surface area (Å²) < 4.78 is 7.39. The van der Waals surface area contributed by atoms with E-state index in [0.717, 1.165) is 0 Å². The summed E-state index contributed by atoms with van der Waals surface area (Å²) in [7, 11) is 1.39. The summed E-state index contributed by atoms with van der Waals surface area (Å²) in [6.45, 7) is 7.90. The molecule has 168 valence electrons. The van der Waals surface area contributed by atoms with E-state index in [2.05, 4.69) is 20.7 Å². The van der Waals surface area contributed by atoms with E-state index in [4.69, 9.17) is 4.74 Å². The maximum absolute atomic E-state index is 13.3. The van der Waals surface area contributed by atoms with Crippen molar-refractivity contribution in [2.75, 3.05) is 7.05 Å². The number of benzene rings is 1. The maximum atomic E-state index is 13.3. The van der Waals surface area contributed by atoms with Crippen molar-refractivity contribution in [3.05, 3.63) is 59.4 Å². The minimum absolute atomic E-state index is 0.0432. The van der Waals surface area contributed by atoms with Crippen LogP contribution in [0.5, 0.6) is 0 Å². The van der Waals surface area contributed by atoms with Gasteiger partial charge in [-0.05, 0) is 25.8 Å². The van der Waals surface area contributed by atoms with Gasteiger partial charge in [-0.25, -0.2) is 19.3 Å². The summed E-state index contributed by atoms with van der Waals surface area (Å²) in [5.41, 5.74) is 1.98. The Morgan fingerprint density at radius 3 is 2.34 bits per heavy atom. The van der Waals surface area contributed by atoms with Crippen LogP contribution in [0, 0.1) is 0 Å². The summed E-state index contributed by atoms with van der Waals surface area (Å²) in [6, 6.07) is 9.54. The number of urea groups is 1. The quantitative estimate of drug-likeness (QED) is 0.571. The van der Waals surface area contributed by atoms with Crippen molar-refractivity contribution in [1.82, 2.24) is 25.4 Å². The van der Waals surface area contributed by atoms with Crippen molar-refractivity contribution in [3.8, 4) is 0 Å². The van der Waals surface area contributed by atoms with E-state index in [1.807, 2.05) is 27.7 Å². The maximum Gasteiger partial charge on any atom is 0.340 e. The number of imide groups is 1. The molecule has 2 heterocycles. The topological polar surface area (TPSA) is 115 Å². The second-order valence-corrected chi connectivity index (χ2v) is 7.93. The predicted octanol–water partition coefficient (Wildman–Crippen LogP) is 3.49. The Morgan fingerprint density at radius 1 is 1.06 bits per heavy atom. The van der Waals surface area contributed by atoms with Gasteiger partial charge in [-0.3, -0.25) is 10.1 Å². The lowest BCUT2D eigenvalue weighted by Crippen LogP contribution is -2.41. The van der Waals surface area contributed by atoms with Crippen LogP contribution in [-0.4, -0.2) is 39.7 Å². The number of aromatic nitrogens is 3. The normalized spacial score (nSPS) is 12.1. The fraction of sp³-hybridized carbons (Fsp3) is 0.348. The smallest absolute Gasteiger partial charge is 0.340 e. The molecule has 0 radical (unpaired) electrons. The fourth-order valence-corrected chi connectivity index (χ4v) is 3.19. The van der Waals surface area contributed by atoms with Gasteiger partial charge in [0.05, 0.1) is 17.1 Å². The Labute approximate surface area is 186 Å². The summed E-state index contributed by atoms with van der Waals surface area (Å²) in [5.74, 6) is -1.40. The molecule has 2 aromatic heterocycles. The first-order valence-electron chi connectivity index (χ1n) is 10.4. The van der Waals surface area contributed by atoms with E-state index in [0.29, 0.717) is 22.3 Å². The molecule has 3 aromatic rings. The molecular weight excluding hydrogens is 410 g/mol. The molecule has 3 amide bonds. The van der Waals surface area contributed by atoms with Crippen LogP contribution in [0.15, 0.2) is 42.6 Å². The highest BCUT2D eigenvalue weighted by atomic mass is 16.5. The zero-order valence-electron chi connectivity index (χ0n) is 18.7. The SMILES string of the molecule is CNC(=O)NC(=O)C(OC(=O)c1cc(C(C)C)nc2c1cnn2C(C)C)c1ccccc1. The van der Waals surface area contributed by atoms with Gasteiger partial charge in [0.2, 0.25) is 6.10 Å². The fourth-order valence-electron chi connectivity index (χ4n) is 3.19. The van der Waals surface area contributed by atoms with E-state index >= 15 is 0 Å². The number of hydrogen-bond donors (Lipinski definition) is 2. The molecule has 1 aromatic carbocycles. The minimum atomic E-state index is -1.31. The molecule has 1 unspecified atom stereocenters. The molecule has 32 heavy (non-hydrogen) atoms. The number of carbonyl (C=O) groups is 3. The van der Waals surface area contributed by atoms with E-state index < -0.39 is 24.0 Å². The Bertz CT molecular complexity index is 1140. The number of ether oxygens (including phenoxy) is 1. The Balaban J connectivity index is 2.04. The molecule has 9 nitrogen and oxygen atoms in total. The van der Waals surface area contributed by atoms with Gasteiger partial charge in [0.1, 0.15) is 0 Å². The van der Waals surface area contributed by atoms with Crippen LogP contribution in [0.4, 0.5) is 4.79 Å². The summed E-state index contributed by atoms with van der Waals surface area (Å²) in [4.78, 5) is 42.4. The van der Waals surface area contributed by atoms with E-state index in [1.54, 1.807) is 47.3 Å². The second kappa shape index (κ2) is 9.59. The summed E-state index contributed by atoms with van der Waals surface area (Å²) in [5, 5.41) is 9.40. The number of nitrogens with zero attached hydrogens (tertiary/aromatic N) is 3. The third-order valence-corrected chi connectivity index (χ3v) is 4.92. The number of pyridine rings is 1. The first kappa shape index (κ1) is 22.9. The van der Waals surface area contributed by atoms with Crippen molar-refractivity contribution >= 4 is 28.9 Å². The number of hydrogen-bond acceptors (Lipinski definition) is 6. The minimum Gasteiger partial charge on any atom is -0.444 e. The van der Waals surface area contributed by atoms with Crippen molar-refractivity contribution < 1.29 is 19.1 Å². The molecule has 0 aliphatic rings. The monoisotopic (exact) mass is 437 g/mol. The number of rotatable bonds is 6. The van der Waals surface area contributed by atoms with Crippen molar-refractivity contribution in [3.63, 3.8) is 0 Å². The lowest BCUT2D eigenvalue weighted by Gasteiger charge is -2.18. The van der Waals surface area contributed by atoms with Gasteiger partial charge in [0.25, 0.3) is 5.91 Å². The third-order valence-electron chi connectivity index (χ3n) is 4.92. The van der Waals surface area contributed by atoms with Gasteiger partial charge < -0.3 is 10.1 Å². The molecule has 0 saturated carbocycles. The van der Waals surface area contributed by atoms with Crippen LogP contribution < -0.4 is 10.6 Å². The Kier molecular flexibility index (Phi) is 6.87. The predicted molar refractivity (Wildman–Crippen MR) is 119 cm³/mol. The van der Waals surface area contributed by atoms with Crippen LogP contribution in [0.2, 0.25) is 0 Å². The highest BCUT2D eigenvalue weighted by Crippen LogP contribution is 2.27. The molecule has 3 rings (SSSR count). The van der Waals surface area contributed by atoms with Crippen LogP contribution in [0.1, 0.15) is 67.4 Å². The summed E-state index contributed by atoms with van der Waals surface area (Å²) in [6.07, 6.45) is 0.261. The molecule has 0 aliphatic carbocycles. The van der Waals surface area contributed by atoms with Gasteiger partial charge in [-0.15, -0.1) is 0 Å². The average Bonchev–Trinajstić information content (AvgIpc) is 3.21. The van der Waals surface area contributed by atoms with Crippen LogP contribution >= 0.6 is 0 Å². The third kappa shape index (κ3) is 4.77. The van der Waals surface area contributed by atoms with Crippen LogP contribution in [0.3, 0.4) is 0 Å². The molecule has 0 fully saturated rings. The Morgan fingerprint density at radius 2 is 1.75 bits per heavy atom. The number of carbonyl (C=O) groups excluding carboxylic acids is 3. The van der Waals surface area contributed by atoms with Crippen LogP contribution in [0.25, 0.3) is 11.0 Å². The lowest BCUT2D eigenvalue weighted by molar-refractivity contribution is -0.129. The highest BCUT2D eigenvalue weighted by molar-refractivity contribution is 6.04. The van der Waals surface area contributed by atoms with Gasteiger partial charge in [-0.2, -0.15) is 5.10 Å². The number of nitrogens with one attached hydrogen (secondary N) is 2. The van der Waals surface area contributed by atoms with Crippen molar-refractivity contribution in [1.29, 1.82) is 0 Å². The van der Waals surface area contributed by atoms with Gasteiger partial charge >= 0.3 is 12.0 Å². The standard InChI is InChI=1S/C23H27N5O4/c1-13(2)18-11-16(17-12-25-28(14(3)4)20(17)26-18)22(30)32-19(15-9-7-6-8-10-15)21(29)27-23(31)24-5/h6-14,19H,1-5H3,(H2,24,27,29,31). The Hall–Kier alpha value is -3.75. The van der Waals surface area contributed by atoms with Gasteiger partial charge in [-0.1, -0.05) is 44.2 Å². The largest absolute Gasteiger partial charge is 0.444 e. The van der Waals surface area contributed by atoms with Crippen molar-refractivity contribution in [2.45, 2.75) is 45.8 Å². The number of esters is 1. The number of amides is 3. The molecule has 9 heteroatoms. The second-order valence-electron chi connectivity index (χ2n) is 7.93. The average molecular weight is 438 g/mol. The van der Waals surface area contributed by atoms with Gasteiger partial charge in [0.15, 0.2) is 5.65 Å². The van der Waals surface area contributed by atoms with E-state index in [9.17, 15) is 14.4 Å². The van der Waals surface area contributed by atoms with E-state index in [-0.39, 0.29) is 17.5 Å². The van der Waals surface area contributed by atoms with Crippen LogP contribution in [-0.2, 0) is 9.53 Å². The van der Waals surface area contributed by atoms with E-state index in [1.165, 1.54) is 7.05 Å². The molecule has 2 N–H and O–H groups in total. The number of fused-ring (bicyclic) bond motifs is 1. The lowest BCUT2D eigenvalue weighted by atomic mass is 10.0. The summed E-state index contributed by atoms with van der Waals surface area (Å²) >= 11 is 0. The molecular formula is C23H27N5O4. The zero-order valence-corrected chi connectivity index (χ0v) is 18.7.